The van der Waals surface area contributed by atoms with E-state index < -0.39 is 27.8 Å². The molecule has 222 valence electrons. The molecule has 0 N–H and O–H groups in total. The van der Waals surface area contributed by atoms with Crippen molar-refractivity contribution in [2.24, 2.45) is 0 Å². The number of halogens is 3. The van der Waals surface area contributed by atoms with Gasteiger partial charge >= 0.3 is 281 Å². The van der Waals surface area contributed by atoms with Crippen LogP contribution in [0.2, 0.25) is 0 Å². The van der Waals surface area contributed by atoms with E-state index in [9.17, 15) is 0 Å². The fraction of sp³-hybridized carbons (Fsp3) is 0.351. The molecule has 4 aromatic carbocycles. The minimum absolute atomic E-state index is 0.305. The molecule has 0 aliphatic heterocycles. The molecule has 0 bridgehead atoms. The van der Waals surface area contributed by atoms with Crippen molar-refractivity contribution in [3.8, 4) is 0 Å². The SMILES string of the molecule is Cc1cc(C)[c]([Ge]([Cl])[c]2c(C)cc(C)cc2C)c(C)c1.Cc1cc(C)[c]([Ge]([c]2c(C)cc(C)cc2C)[CH](Cl)Cl)c(C)c1. The van der Waals surface area contributed by atoms with Gasteiger partial charge in [0.15, 0.2) is 0 Å². The van der Waals surface area contributed by atoms with Gasteiger partial charge in [0, 0.05) is 0 Å². The second-order valence-electron chi connectivity index (χ2n) is 12.1. The van der Waals surface area contributed by atoms with E-state index in [1.54, 1.807) is 0 Å². The third kappa shape index (κ3) is 8.10. The predicted molar refractivity (Wildman–Crippen MR) is 194 cm³/mol. The fourth-order valence-corrected chi connectivity index (χ4v) is 21.7. The van der Waals surface area contributed by atoms with E-state index in [0.717, 1.165) is 0 Å². The topological polar surface area (TPSA) is 0 Å². The number of aryl methyl sites for hydroxylation is 12. The first kappa shape index (κ1) is 35.3. The molecule has 4 aromatic rings. The maximum absolute atomic E-state index is 7.02. The van der Waals surface area contributed by atoms with Crippen molar-refractivity contribution >= 4 is 78.6 Å². The van der Waals surface area contributed by atoms with Gasteiger partial charge in [-0.25, -0.2) is 0 Å². The van der Waals surface area contributed by atoms with Crippen LogP contribution in [-0.2, 0) is 0 Å². The number of hydrogen-bond donors (Lipinski definition) is 0. The molecule has 2 radical (unpaired) electrons. The van der Waals surface area contributed by atoms with Gasteiger partial charge < -0.3 is 0 Å². The van der Waals surface area contributed by atoms with Crippen molar-refractivity contribution in [2.75, 3.05) is 0 Å². The van der Waals surface area contributed by atoms with Crippen LogP contribution < -0.4 is 17.6 Å². The van der Waals surface area contributed by atoms with E-state index in [1.807, 2.05) is 0 Å². The van der Waals surface area contributed by atoms with E-state index in [4.69, 9.17) is 33.2 Å². The van der Waals surface area contributed by atoms with Gasteiger partial charge in [-0.15, -0.1) is 0 Å². The van der Waals surface area contributed by atoms with E-state index in [2.05, 4.69) is 132 Å². The quantitative estimate of drug-likeness (QED) is 0.143. The van der Waals surface area contributed by atoms with Crippen LogP contribution in [0.4, 0.5) is 0 Å². The van der Waals surface area contributed by atoms with Gasteiger partial charge in [0.25, 0.3) is 0 Å². The number of alkyl halides is 2. The molecule has 0 nitrogen and oxygen atoms in total. The first-order valence-electron chi connectivity index (χ1n) is 14.5. The molecule has 0 saturated heterocycles. The van der Waals surface area contributed by atoms with Crippen molar-refractivity contribution in [3.05, 3.63) is 115 Å². The zero-order valence-corrected chi connectivity index (χ0v) is 33.8. The van der Waals surface area contributed by atoms with Gasteiger partial charge in [-0.05, 0) is 0 Å². The molecule has 4 rings (SSSR count). The third-order valence-corrected chi connectivity index (χ3v) is 23.8. The van der Waals surface area contributed by atoms with Crippen LogP contribution in [0, 0.1) is 83.1 Å². The molecule has 0 fully saturated rings. The summed E-state index contributed by atoms with van der Waals surface area (Å²) in [5, 5.41) is 0. The van der Waals surface area contributed by atoms with Crippen LogP contribution in [-0.4, -0.2) is 31.4 Å². The fourth-order valence-electron chi connectivity index (χ4n) is 6.73. The van der Waals surface area contributed by atoms with Crippen LogP contribution in [0.3, 0.4) is 0 Å². The van der Waals surface area contributed by atoms with Crippen LogP contribution in [0.1, 0.15) is 66.8 Å². The van der Waals surface area contributed by atoms with E-state index in [-0.39, 0.29) is 3.67 Å². The Morgan fingerprint density at radius 1 is 0.381 bits per heavy atom. The maximum atomic E-state index is 7.02. The van der Waals surface area contributed by atoms with Crippen LogP contribution >= 0.6 is 33.2 Å². The van der Waals surface area contributed by atoms with Gasteiger partial charge in [-0.1, -0.05) is 0 Å². The molecule has 0 aliphatic carbocycles. The van der Waals surface area contributed by atoms with Crippen LogP contribution in [0.15, 0.2) is 48.5 Å². The first-order valence-corrected chi connectivity index (χ1v) is 23.6. The Labute approximate surface area is 278 Å². The van der Waals surface area contributed by atoms with Gasteiger partial charge in [-0.2, -0.15) is 0 Å². The van der Waals surface area contributed by atoms with Gasteiger partial charge in [-0.3, -0.25) is 0 Å². The standard InChI is InChI=1S/C19H23Cl2Ge.C18H22ClGe/c1-11-7-13(3)17(14(4)8-11)22(19(20)21)18-15(5)9-12(2)10-16(18)6;1-11-7-13(3)17(14(4)8-11)20(19)18-15(5)9-12(2)10-16(18)6/h7-10,19H,1-6H3;7-10H,1-6H3. The van der Waals surface area contributed by atoms with Crippen molar-refractivity contribution in [1.82, 2.24) is 0 Å². The summed E-state index contributed by atoms with van der Waals surface area (Å²) in [4.78, 5) is 0. The minimum atomic E-state index is -2.03. The average molecular weight is 741 g/mol. The monoisotopic (exact) mass is 742 g/mol. The van der Waals surface area contributed by atoms with Crippen molar-refractivity contribution in [1.29, 1.82) is 0 Å². The molecule has 0 unspecified atom stereocenters. The summed E-state index contributed by atoms with van der Waals surface area (Å²) < 4.78 is 5.39. The average Bonchev–Trinajstić information content (AvgIpc) is 2.81. The summed E-state index contributed by atoms with van der Waals surface area (Å²) >= 11 is 9.05. The summed E-state index contributed by atoms with van der Waals surface area (Å²) in [6, 6.07) is 18.1. The van der Waals surface area contributed by atoms with E-state index in [1.165, 1.54) is 84.3 Å². The second-order valence-corrected chi connectivity index (χ2v) is 25.2. The molecule has 0 aliphatic rings. The van der Waals surface area contributed by atoms with E-state index >= 15 is 0 Å². The summed E-state index contributed by atoms with van der Waals surface area (Å²) in [5.74, 6) is 0. The first-order chi connectivity index (χ1) is 19.5. The van der Waals surface area contributed by atoms with Crippen molar-refractivity contribution < 1.29 is 0 Å². The van der Waals surface area contributed by atoms with E-state index in [0.29, 0.717) is 0 Å². The molecule has 0 heterocycles. The predicted octanol–water partition coefficient (Wildman–Crippen LogP) is 8.37. The normalized spacial score (nSPS) is 11.4. The Kier molecular flexibility index (Phi) is 12.4. The Morgan fingerprint density at radius 2 is 0.571 bits per heavy atom. The Balaban J connectivity index is 0.000000231. The summed E-state index contributed by atoms with van der Waals surface area (Å²) in [6.45, 7) is 26.2. The number of hydrogen-bond acceptors (Lipinski definition) is 0. The molecule has 0 spiro atoms. The Hall–Kier alpha value is -1.16. The number of rotatable bonds is 5. The van der Waals surface area contributed by atoms with Gasteiger partial charge in [0.1, 0.15) is 0 Å². The van der Waals surface area contributed by atoms with Gasteiger partial charge in [0.2, 0.25) is 0 Å². The Bertz CT molecular complexity index is 1400. The molecule has 0 aromatic heterocycles. The zero-order valence-electron chi connectivity index (χ0n) is 27.3. The molecule has 42 heavy (non-hydrogen) atoms. The van der Waals surface area contributed by atoms with Crippen LogP contribution in [0.25, 0.3) is 0 Å². The molecule has 0 amide bonds. The second kappa shape index (κ2) is 14.7. The Morgan fingerprint density at radius 3 is 0.762 bits per heavy atom. The summed E-state index contributed by atoms with van der Waals surface area (Å²) in [6.07, 6.45) is 0. The van der Waals surface area contributed by atoms with Gasteiger partial charge in [0.05, 0.1) is 0 Å². The molecular weight excluding hydrogens is 696 g/mol. The third-order valence-electron chi connectivity index (χ3n) is 7.90. The van der Waals surface area contributed by atoms with Crippen molar-refractivity contribution in [2.45, 2.75) is 86.8 Å². The summed E-state index contributed by atoms with van der Waals surface area (Å²) in [5.41, 5.74) is 16.0. The molecule has 0 atom stereocenters. The molecular formula is C37H45Cl3Ge2. The molecule has 0 saturated carbocycles. The number of benzene rings is 4. The van der Waals surface area contributed by atoms with Crippen molar-refractivity contribution in [3.63, 3.8) is 0 Å². The zero-order chi connectivity index (χ0) is 31.6. The summed E-state index contributed by atoms with van der Waals surface area (Å²) in [7, 11) is 7.02. The molecule has 5 heteroatoms. The van der Waals surface area contributed by atoms with Crippen LogP contribution in [0.5, 0.6) is 0 Å².